The number of amides is 2. The number of carbonyl (C=O) groups excluding carboxylic acids is 2. The Hall–Kier alpha value is -5.44. The van der Waals surface area contributed by atoms with Crippen molar-refractivity contribution >= 4 is 34.2 Å². The molecule has 1 heterocycles. The van der Waals surface area contributed by atoms with Gasteiger partial charge in [-0.25, -0.2) is 9.18 Å². The van der Waals surface area contributed by atoms with Crippen molar-refractivity contribution in [3.63, 3.8) is 0 Å². The molecule has 200 valence electrons. The number of nitrogen functional groups attached to an aromatic ring is 1. The molecule has 0 radical (unpaired) electrons. The molecule has 0 unspecified atom stereocenters. The molecule has 4 aromatic carbocycles. The molecule has 2 amide bonds. The normalized spacial score (nSPS) is 10.7. The maximum absolute atomic E-state index is 13.1. The predicted molar refractivity (Wildman–Crippen MR) is 150 cm³/mol. The van der Waals surface area contributed by atoms with Gasteiger partial charge < -0.3 is 25.5 Å². The average Bonchev–Trinajstić information content (AvgIpc) is 2.96. The van der Waals surface area contributed by atoms with E-state index in [0.717, 1.165) is 11.1 Å². The van der Waals surface area contributed by atoms with E-state index in [4.69, 9.17) is 14.9 Å². The molecule has 1 aromatic heterocycles. The number of hydrogen-bond acceptors (Lipinski definition) is 6. The summed E-state index contributed by atoms with van der Waals surface area (Å²) in [5.74, 6) is -0.773. The molecule has 5 rings (SSSR count). The highest BCUT2D eigenvalue weighted by molar-refractivity contribution is 6.05. The van der Waals surface area contributed by atoms with E-state index >= 15 is 0 Å². The van der Waals surface area contributed by atoms with Gasteiger partial charge in [-0.3, -0.25) is 9.59 Å². The Morgan fingerprint density at radius 3 is 2.33 bits per heavy atom. The molecule has 0 aliphatic carbocycles. The van der Waals surface area contributed by atoms with Crippen molar-refractivity contribution in [1.82, 2.24) is 5.32 Å². The average molecular weight is 538 g/mol. The molecule has 0 aliphatic rings. The number of nitrogens with two attached hydrogens (primary N) is 1. The van der Waals surface area contributed by atoms with Crippen molar-refractivity contribution in [3.8, 4) is 5.75 Å². The van der Waals surface area contributed by atoms with Crippen molar-refractivity contribution in [2.24, 2.45) is 0 Å². The monoisotopic (exact) mass is 537 g/mol. The van der Waals surface area contributed by atoms with Crippen LogP contribution in [0, 0.1) is 5.82 Å². The minimum atomic E-state index is -0.784. The third-order valence-electron chi connectivity index (χ3n) is 6.15. The predicted octanol–water partition coefficient (Wildman–Crippen LogP) is 5.28. The van der Waals surface area contributed by atoms with Crippen molar-refractivity contribution in [2.75, 3.05) is 11.1 Å². The van der Waals surface area contributed by atoms with Crippen LogP contribution < -0.4 is 26.7 Å². The topological polar surface area (TPSA) is 124 Å². The van der Waals surface area contributed by atoms with Gasteiger partial charge in [0.2, 0.25) is 0 Å². The Labute approximate surface area is 228 Å². The Morgan fingerprint density at radius 1 is 0.850 bits per heavy atom. The van der Waals surface area contributed by atoms with E-state index in [1.807, 2.05) is 0 Å². The maximum Gasteiger partial charge on any atom is 0.349 e. The third kappa shape index (κ3) is 6.16. The van der Waals surface area contributed by atoms with Gasteiger partial charge in [-0.05, 0) is 65.7 Å². The molecule has 9 heteroatoms. The first kappa shape index (κ1) is 26.2. The van der Waals surface area contributed by atoms with Crippen molar-refractivity contribution in [2.45, 2.75) is 13.2 Å². The van der Waals surface area contributed by atoms with Crippen LogP contribution in [0.5, 0.6) is 5.75 Å². The zero-order valence-corrected chi connectivity index (χ0v) is 21.1. The van der Waals surface area contributed by atoms with Crippen molar-refractivity contribution in [1.29, 1.82) is 0 Å². The summed E-state index contributed by atoms with van der Waals surface area (Å²) in [6.07, 6.45) is 0. The quantitative estimate of drug-likeness (QED) is 0.183. The Kier molecular flexibility index (Phi) is 7.54. The van der Waals surface area contributed by atoms with Crippen LogP contribution in [-0.2, 0) is 13.2 Å². The molecule has 0 saturated heterocycles. The second-order valence-electron chi connectivity index (χ2n) is 8.98. The lowest BCUT2D eigenvalue weighted by Crippen LogP contribution is -2.27. The number of carbonyl (C=O) groups is 2. The highest BCUT2D eigenvalue weighted by Gasteiger charge is 2.15. The first-order chi connectivity index (χ1) is 19.4. The molecule has 8 nitrogen and oxygen atoms in total. The van der Waals surface area contributed by atoms with Crippen LogP contribution >= 0.6 is 0 Å². The van der Waals surface area contributed by atoms with E-state index < -0.39 is 11.5 Å². The van der Waals surface area contributed by atoms with Gasteiger partial charge in [-0.2, -0.15) is 0 Å². The third-order valence-corrected chi connectivity index (χ3v) is 6.15. The van der Waals surface area contributed by atoms with Gasteiger partial charge in [0.15, 0.2) is 0 Å². The fraction of sp³-hybridized carbons (Fsp3) is 0.0645. The largest absolute Gasteiger partial charge is 0.489 e. The van der Waals surface area contributed by atoms with Gasteiger partial charge in [0.1, 0.15) is 29.3 Å². The molecule has 0 atom stereocenters. The van der Waals surface area contributed by atoms with Gasteiger partial charge in [0, 0.05) is 23.6 Å². The number of fused-ring (bicyclic) bond motifs is 1. The molecule has 0 fully saturated rings. The SMILES string of the molecule is Nc1ccccc1NC(=O)c1ccc(CNC(=O)c2cc3ccc(OCc4ccc(F)cc4)cc3oc2=O)cc1. The molecule has 0 aliphatic heterocycles. The van der Waals surface area contributed by atoms with Crippen LogP contribution in [0.1, 0.15) is 31.8 Å². The first-order valence-corrected chi connectivity index (χ1v) is 12.3. The number of ether oxygens (including phenoxy) is 1. The van der Waals surface area contributed by atoms with E-state index in [1.54, 1.807) is 78.9 Å². The summed E-state index contributed by atoms with van der Waals surface area (Å²) in [7, 11) is 0. The molecule has 4 N–H and O–H groups in total. The number of hydrogen-bond donors (Lipinski definition) is 3. The van der Waals surface area contributed by atoms with Crippen LogP contribution in [0.4, 0.5) is 15.8 Å². The summed E-state index contributed by atoms with van der Waals surface area (Å²) in [6.45, 7) is 0.351. The minimum absolute atomic E-state index is 0.135. The summed E-state index contributed by atoms with van der Waals surface area (Å²) in [5, 5.41) is 6.01. The van der Waals surface area contributed by atoms with Gasteiger partial charge in [-0.1, -0.05) is 36.4 Å². The molecule has 0 saturated carbocycles. The van der Waals surface area contributed by atoms with Gasteiger partial charge in [0.25, 0.3) is 11.8 Å². The lowest BCUT2D eigenvalue weighted by Gasteiger charge is -2.09. The van der Waals surface area contributed by atoms with Gasteiger partial charge >= 0.3 is 5.63 Å². The lowest BCUT2D eigenvalue weighted by atomic mass is 10.1. The molecular weight excluding hydrogens is 513 g/mol. The van der Waals surface area contributed by atoms with Crippen LogP contribution in [0.3, 0.4) is 0 Å². The van der Waals surface area contributed by atoms with Gasteiger partial charge in [-0.15, -0.1) is 0 Å². The number of rotatable bonds is 8. The highest BCUT2D eigenvalue weighted by Crippen LogP contribution is 2.22. The van der Waals surface area contributed by atoms with E-state index in [1.165, 1.54) is 18.2 Å². The van der Waals surface area contributed by atoms with E-state index in [2.05, 4.69) is 10.6 Å². The van der Waals surface area contributed by atoms with Crippen molar-refractivity contribution in [3.05, 3.63) is 136 Å². The second kappa shape index (κ2) is 11.5. The first-order valence-electron chi connectivity index (χ1n) is 12.3. The molecule has 0 bridgehead atoms. The Morgan fingerprint density at radius 2 is 1.57 bits per heavy atom. The summed E-state index contributed by atoms with van der Waals surface area (Å²) in [5.41, 5.74) is 8.14. The van der Waals surface area contributed by atoms with Gasteiger partial charge in [0.05, 0.1) is 11.4 Å². The Balaban J connectivity index is 1.20. The minimum Gasteiger partial charge on any atom is -0.489 e. The zero-order chi connectivity index (χ0) is 28.1. The van der Waals surface area contributed by atoms with Crippen LogP contribution in [0.15, 0.2) is 106 Å². The zero-order valence-electron chi connectivity index (χ0n) is 21.1. The summed E-state index contributed by atoms with van der Waals surface area (Å²) in [4.78, 5) is 37.8. The van der Waals surface area contributed by atoms with Crippen LogP contribution in [0.25, 0.3) is 11.0 Å². The van der Waals surface area contributed by atoms with E-state index in [9.17, 15) is 18.8 Å². The number of benzene rings is 4. The standard InChI is InChI=1S/C31H24FN3O5/c32-23-12-7-20(8-13-23)18-39-24-14-11-22-15-25(31(38)40-28(22)16-24)30(37)34-17-19-5-9-21(10-6-19)29(36)35-27-4-2-1-3-26(27)33/h1-16H,17-18,33H2,(H,34,37)(H,35,36). The molecule has 5 aromatic rings. The molecule has 40 heavy (non-hydrogen) atoms. The second-order valence-corrected chi connectivity index (χ2v) is 8.98. The summed E-state index contributed by atoms with van der Waals surface area (Å²) >= 11 is 0. The smallest absolute Gasteiger partial charge is 0.349 e. The number of anilines is 2. The molecule has 0 spiro atoms. The highest BCUT2D eigenvalue weighted by atomic mass is 19.1. The number of para-hydroxylation sites is 2. The number of halogens is 1. The van der Waals surface area contributed by atoms with Crippen LogP contribution in [0.2, 0.25) is 0 Å². The van der Waals surface area contributed by atoms with E-state index in [0.29, 0.717) is 28.1 Å². The fourth-order valence-electron chi connectivity index (χ4n) is 3.94. The fourth-order valence-corrected chi connectivity index (χ4v) is 3.94. The Bertz CT molecular complexity index is 1750. The van der Waals surface area contributed by atoms with E-state index in [-0.39, 0.29) is 36.0 Å². The maximum atomic E-state index is 13.1. The van der Waals surface area contributed by atoms with Crippen molar-refractivity contribution < 1.29 is 23.1 Å². The summed E-state index contributed by atoms with van der Waals surface area (Å²) < 4.78 is 24.2. The summed E-state index contributed by atoms with van der Waals surface area (Å²) in [6, 6.07) is 26.0. The number of nitrogens with one attached hydrogen (secondary N) is 2. The van der Waals surface area contributed by atoms with Crippen LogP contribution in [-0.4, -0.2) is 11.8 Å². The molecular formula is C31H24FN3O5. The lowest BCUT2D eigenvalue weighted by molar-refractivity contribution is 0.0946.